The molecule has 3 rings (SSSR count). The number of nitrogens with zero attached hydrogens (tertiary/aromatic N) is 2. The minimum absolute atomic E-state index is 0. The highest BCUT2D eigenvalue weighted by Gasteiger charge is 2.30. The molecule has 132 valence electrons. The normalized spacial score (nSPS) is 18.6. The Bertz CT molecular complexity index is 654. The highest BCUT2D eigenvalue weighted by molar-refractivity contribution is 5.85. The van der Waals surface area contributed by atoms with Crippen molar-refractivity contribution in [3.63, 3.8) is 0 Å². The third-order valence-corrected chi connectivity index (χ3v) is 4.32. The zero-order valence-electron chi connectivity index (χ0n) is 13.0. The standard InChI is InChI=1S/C16H19F3N4.ClH/c17-16(18,19)14-3-1-12(2-4-14)15-13(8-21-22-15)10-23-6-5-11(7-20)9-23;/h1-4,8,11H,5-7,9-10,20H2,(H,21,22);1H. The fourth-order valence-corrected chi connectivity index (χ4v) is 3.00. The van der Waals surface area contributed by atoms with Crippen LogP contribution in [0.1, 0.15) is 17.5 Å². The lowest BCUT2D eigenvalue weighted by atomic mass is 10.1. The topological polar surface area (TPSA) is 57.9 Å². The summed E-state index contributed by atoms with van der Waals surface area (Å²) in [5.74, 6) is 0.524. The number of aromatic amines is 1. The molecule has 1 aromatic heterocycles. The second kappa shape index (κ2) is 7.55. The number of hydrogen-bond acceptors (Lipinski definition) is 3. The van der Waals surface area contributed by atoms with Gasteiger partial charge in [0.05, 0.1) is 17.5 Å². The van der Waals surface area contributed by atoms with E-state index >= 15 is 0 Å². The molecule has 8 heteroatoms. The van der Waals surface area contributed by atoms with Crippen LogP contribution in [0.25, 0.3) is 11.3 Å². The summed E-state index contributed by atoms with van der Waals surface area (Å²) >= 11 is 0. The molecule has 0 saturated carbocycles. The first kappa shape index (κ1) is 18.8. The molecular weight excluding hydrogens is 341 g/mol. The molecule has 24 heavy (non-hydrogen) atoms. The number of H-pyrrole nitrogens is 1. The molecule has 1 atom stereocenters. The Morgan fingerprint density at radius 3 is 2.54 bits per heavy atom. The van der Waals surface area contributed by atoms with Crippen LogP contribution in [0.3, 0.4) is 0 Å². The van der Waals surface area contributed by atoms with Gasteiger partial charge >= 0.3 is 6.18 Å². The van der Waals surface area contributed by atoms with E-state index in [1.807, 2.05) is 0 Å². The fourth-order valence-electron chi connectivity index (χ4n) is 3.00. The average molecular weight is 361 g/mol. The number of aromatic nitrogens is 2. The molecule has 1 unspecified atom stereocenters. The molecule has 2 heterocycles. The van der Waals surface area contributed by atoms with Crippen molar-refractivity contribution in [2.75, 3.05) is 19.6 Å². The number of benzene rings is 1. The highest BCUT2D eigenvalue weighted by atomic mass is 35.5. The SMILES string of the molecule is Cl.NCC1CCN(Cc2cn[nH]c2-c2ccc(C(F)(F)F)cc2)C1. The maximum Gasteiger partial charge on any atom is 0.416 e. The molecule has 1 aromatic carbocycles. The Balaban J connectivity index is 0.00000208. The molecule has 1 aliphatic rings. The molecule has 3 N–H and O–H groups in total. The van der Waals surface area contributed by atoms with Gasteiger partial charge in [-0.15, -0.1) is 12.4 Å². The summed E-state index contributed by atoms with van der Waals surface area (Å²) in [5, 5.41) is 6.95. The lowest BCUT2D eigenvalue weighted by Crippen LogP contribution is -2.22. The first-order valence-corrected chi connectivity index (χ1v) is 7.59. The number of likely N-dealkylation sites (tertiary alicyclic amines) is 1. The second-order valence-corrected chi connectivity index (χ2v) is 5.97. The van der Waals surface area contributed by atoms with Crippen LogP contribution in [0.4, 0.5) is 13.2 Å². The molecule has 0 bridgehead atoms. The monoisotopic (exact) mass is 360 g/mol. The van der Waals surface area contributed by atoms with Gasteiger partial charge in [0.2, 0.25) is 0 Å². The predicted molar refractivity (Wildman–Crippen MR) is 88.7 cm³/mol. The first-order valence-electron chi connectivity index (χ1n) is 7.59. The van der Waals surface area contributed by atoms with Crippen LogP contribution in [-0.2, 0) is 12.7 Å². The van der Waals surface area contributed by atoms with E-state index in [4.69, 9.17) is 5.73 Å². The Kier molecular flexibility index (Phi) is 5.90. The van der Waals surface area contributed by atoms with Gasteiger partial charge in [0.15, 0.2) is 0 Å². The second-order valence-electron chi connectivity index (χ2n) is 5.97. The summed E-state index contributed by atoms with van der Waals surface area (Å²) in [5.41, 5.74) is 7.53. The molecular formula is C16H20ClF3N4. The van der Waals surface area contributed by atoms with E-state index < -0.39 is 11.7 Å². The van der Waals surface area contributed by atoms with Crippen molar-refractivity contribution >= 4 is 12.4 Å². The summed E-state index contributed by atoms with van der Waals surface area (Å²) < 4.78 is 37.9. The minimum atomic E-state index is -4.32. The van der Waals surface area contributed by atoms with Gasteiger partial charge in [0.25, 0.3) is 0 Å². The number of rotatable bonds is 4. The summed E-state index contributed by atoms with van der Waals surface area (Å²) in [6, 6.07) is 5.15. The first-order chi connectivity index (χ1) is 11.0. The van der Waals surface area contributed by atoms with Gasteiger partial charge in [-0.1, -0.05) is 12.1 Å². The van der Waals surface area contributed by atoms with Crippen molar-refractivity contribution < 1.29 is 13.2 Å². The van der Waals surface area contributed by atoms with Crippen LogP contribution < -0.4 is 5.73 Å². The number of nitrogens with one attached hydrogen (secondary N) is 1. The van der Waals surface area contributed by atoms with Gasteiger partial charge in [0.1, 0.15) is 0 Å². The van der Waals surface area contributed by atoms with Crippen molar-refractivity contribution in [1.29, 1.82) is 0 Å². The molecule has 1 fully saturated rings. The van der Waals surface area contributed by atoms with E-state index in [0.717, 1.165) is 49.4 Å². The third kappa shape index (κ3) is 4.09. The summed E-state index contributed by atoms with van der Waals surface area (Å²) in [7, 11) is 0. The minimum Gasteiger partial charge on any atom is -0.330 e. The predicted octanol–water partition coefficient (Wildman–Crippen LogP) is 3.30. The van der Waals surface area contributed by atoms with Crippen LogP contribution in [0.5, 0.6) is 0 Å². The van der Waals surface area contributed by atoms with E-state index in [0.29, 0.717) is 18.0 Å². The van der Waals surface area contributed by atoms with E-state index in [1.165, 1.54) is 12.1 Å². The molecule has 0 spiro atoms. The maximum atomic E-state index is 12.6. The van der Waals surface area contributed by atoms with E-state index in [2.05, 4.69) is 15.1 Å². The number of halogens is 4. The maximum absolute atomic E-state index is 12.6. The Morgan fingerprint density at radius 2 is 1.96 bits per heavy atom. The van der Waals surface area contributed by atoms with Gasteiger partial charge in [-0.2, -0.15) is 18.3 Å². The molecule has 1 aliphatic heterocycles. The average Bonchev–Trinajstić information content (AvgIpc) is 3.16. The van der Waals surface area contributed by atoms with Crippen molar-refractivity contribution in [3.05, 3.63) is 41.6 Å². The van der Waals surface area contributed by atoms with Crippen LogP contribution in [0, 0.1) is 5.92 Å². The number of nitrogens with two attached hydrogens (primary N) is 1. The molecule has 4 nitrogen and oxygen atoms in total. The van der Waals surface area contributed by atoms with Gasteiger partial charge in [-0.3, -0.25) is 10.00 Å². The smallest absolute Gasteiger partial charge is 0.330 e. The summed E-state index contributed by atoms with van der Waals surface area (Å²) in [4.78, 5) is 2.30. The zero-order valence-corrected chi connectivity index (χ0v) is 13.8. The van der Waals surface area contributed by atoms with Crippen molar-refractivity contribution in [2.45, 2.75) is 19.1 Å². The largest absolute Gasteiger partial charge is 0.416 e. The quantitative estimate of drug-likeness (QED) is 0.879. The van der Waals surface area contributed by atoms with E-state index in [9.17, 15) is 13.2 Å². The van der Waals surface area contributed by atoms with Gasteiger partial charge in [0, 0.05) is 18.7 Å². The van der Waals surface area contributed by atoms with Crippen molar-refractivity contribution in [1.82, 2.24) is 15.1 Å². The van der Waals surface area contributed by atoms with Crippen LogP contribution in [0.15, 0.2) is 30.5 Å². The van der Waals surface area contributed by atoms with Crippen molar-refractivity contribution in [2.24, 2.45) is 11.7 Å². The Labute approximate surface area is 144 Å². The summed E-state index contributed by atoms with van der Waals surface area (Å²) in [6.45, 7) is 3.35. The Morgan fingerprint density at radius 1 is 1.25 bits per heavy atom. The molecule has 1 saturated heterocycles. The molecule has 0 amide bonds. The fraction of sp³-hybridized carbons (Fsp3) is 0.438. The van der Waals surface area contributed by atoms with Crippen LogP contribution in [0.2, 0.25) is 0 Å². The molecule has 0 radical (unpaired) electrons. The number of alkyl halides is 3. The lowest BCUT2D eigenvalue weighted by Gasteiger charge is -2.15. The van der Waals surface area contributed by atoms with Crippen LogP contribution in [-0.4, -0.2) is 34.7 Å². The molecule has 0 aliphatic carbocycles. The van der Waals surface area contributed by atoms with E-state index in [1.54, 1.807) is 6.20 Å². The van der Waals surface area contributed by atoms with Gasteiger partial charge in [-0.05, 0) is 43.1 Å². The van der Waals surface area contributed by atoms with E-state index in [-0.39, 0.29) is 12.4 Å². The van der Waals surface area contributed by atoms with Gasteiger partial charge in [-0.25, -0.2) is 0 Å². The molecule has 2 aromatic rings. The van der Waals surface area contributed by atoms with Gasteiger partial charge < -0.3 is 5.73 Å². The van der Waals surface area contributed by atoms with Crippen molar-refractivity contribution in [3.8, 4) is 11.3 Å². The third-order valence-electron chi connectivity index (χ3n) is 4.32. The summed E-state index contributed by atoms with van der Waals surface area (Å²) in [6.07, 6.45) is -1.49. The lowest BCUT2D eigenvalue weighted by molar-refractivity contribution is -0.137. The zero-order chi connectivity index (χ0) is 16.4. The Hall–Kier alpha value is -1.57. The highest BCUT2D eigenvalue weighted by Crippen LogP contribution is 2.31. The number of hydrogen-bond donors (Lipinski definition) is 2. The van der Waals surface area contributed by atoms with Crippen LogP contribution >= 0.6 is 12.4 Å².